The third kappa shape index (κ3) is 7.81. The first-order valence-corrected chi connectivity index (χ1v) is 21.9. The van der Waals surface area contributed by atoms with Gasteiger partial charge in [-0.1, -0.05) is 0 Å². The zero-order valence-corrected chi connectivity index (χ0v) is 36.8. The summed E-state index contributed by atoms with van der Waals surface area (Å²) in [5, 5.41) is 19.2. The first-order valence-electron chi connectivity index (χ1n) is 19.1. The molecule has 12 nitrogen and oxygen atoms in total. The molecular weight excluding hydrogens is 890 g/mol. The molecule has 0 spiro atoms. The van der Waals surface area contributed by atoms with Crippen LogP contribution < -0.4 is 21.3 Å². The fraction of sp³-hybridized carbons (Fsp3) is 0.452. The Morgan fingerprint density at radius 3 is 2.22 bits per heavy atom. The molecule has 0 saturated carbocycles. The number of aromatic carboxylic acids is 1. The molecule has 6 heterocycles. The summed E-state index contributed by atoms with van der Waals surface area (Å²) in [5.74, 6) is -1.63. The molecule has 292 valence electrons. The van der Waals surface area contributed by atoms with Gasteiger partial charge in [0, 0.05) is 0 Å². The van der Waals surface area contributed by atoms with E-state index in [-0.39, 0.29) is 42.1 Å². The van der Waals surface area contributed by atoms with Crippen LogP contribution >= 0.6 is 0 Å². The Kier molecular flexibility index (Phi) is 12.2. The Morgan fingerprint density at radius 2 is 1.60 bits per heavy atom. The average molecular weight is 944 g/mol. The molecule has 55 heavy (non-hydrogen) atoms. The van der Waals surface area contributed by atoms with E-state index in [0.29, 0.717) is 48.6 Å². The van der Waals surface area contributed by atoms with Crippen LogP contribution in [0.15, 0.2) is 39.1 Å². The number of carboxylic acid groups (broad SMARTS) is 1. The van der Waals surface area contributed by atoms with Gasteiger partial charge in [-0.25, -0.2) is 0 Å². The van der Waals surface area contributed by atoms with Gasteiger partial charge in [0.1, 0.15) is 0 Å². The first kappa shape index (κ1) is 40.5. The predicted octanol–water partition coefficient (Wildman–Crippen LogP) is 3.23. The van der Waals surface area contributed by atoms with E-state index in [1.165, 1.54) is 0 Å². The number of carbonyl (C=O) groups excluding carboxylic acids is 2. The van der Waals surface area contributed by atoms with Crippen LogP contribution in [-0.4, -0.2) is 128 Å². The number of allylic oxidation sites excluding steroid dienone is 3. The molecule has 2 aromatic heterocycles. The van der Waals surface area contributed by atoms with Crippen molar-refractivity contribution < 1.29 is 19.5 Å². The average Bonchev–Trinajstić information content (AvgIpc) is 3.76. The summed E-state index contributed by atoms with van der Waals surface area (Å²) in [5.41, 5.74) is 10.3. The van der Waals surface area contributed by atoms with Gasteiger partial charge in [0.2, 0.25) is 0 Å². The van der Waals surface area contributed by atoms with Gasteiger partial charge in [0.25, 0.3) is 0 Å². The van der Waals surface area contributed by atoms with Gasteiger partial charge >= 0.3 is 324 Å². The van der Waals surface area contributed by atoms with E-state index in [0.717, 1.165) is 68.8 Å². The minimum absolute atomic E-state index is 0.0448. The zero-order chi connectivity index (χ0) is 39.9. The molecule has 2 amide bonds. The maximum atomic E-state index is 14.0. The molecule has 4 aliphatic rings. The molecule has 6 bridgehead atoms. The van der Waals surface area contributed by atoms with Crippen molar-refractivity contribution >= 4 is 83.2 Å². The topological polar surface area (TPSA) is 137 Å². The van der Waals surface area contributed by atoms with Crippen LogP contribution in [0.1, 0.15) is 84.9 Å². The fourth-order valence-corrected chi connectivity index (χ4v) is 12.8. The molecule has 0 aromatic carbocycles. The molecule has 2 atom stereocenters. The molecule has 4 aliphatic heterocycles. The van der Waals surface area contributed by atoms with Crippen molar-refractivity contribution in [2.24, 2.45) is 21.8 Å². The summed E-state index contributed by atoms with van der Waals surface area (Å²) < 4.78 is 4.60. The molecule has 0 aliphatic carbocycles. The summed E-state index contributed by atoms with van der Waals surface area (Å²) in [6.07, 6.45) is 9.79. The number of hydrogen-bond acceptors (Lipinski definition) is 7. The van der Waals surface area contributed by atoms with Crippen LogP contribution in [0.5, 0.6) is 0 Å². The SMILES string of the molecule is C=Cc1c(C)c2[n]3c1=CC1=NC(=Cc4c(C)c(C(=O)O)c([n]4[Po]3)C(CC(=O)NCCN(C)C)=C3N=C(C=2)C(C)C3CCC(=O)NCCN(C)C)C(CC)=C1C. The van der Waals surface area contributed by atoms with Crippen LogP contribution in [0.3, 0.4) is 0 Å². The quantitative estimate of drug-likeness (QED) is 0.267. The van der Waals surface area contributed by atoms with Crippen molar-refractivity contribution in [2.75, 3.05) is 54.4 Å². The van der Waals surface area contributed by atoms with Crippen LogP contribution in [0.4, 0.5) is 0 Å². The molecule has 0 radical (unpaired) electrons. The van der Waals surface area contributed by atoms with Crippen molar-refractivity contribution in [2.45, 2.75) is 60.3 Å². The van der Waals surface area contributed by atoms with E-state index < -0.39 is 30.1 Å². The standard InChI is InChI=1S/C42H56N8O4.Po/c1-11-27-23(3)31-20-33-25(5)29(13-14-37(51)43-15-17-49(7)8)40(47-33)30(19-38(52)44-16-18-50(9)10)41-39(42(53)54)26(6)34(48-41)22-36-28(12-2)24(4)32(46-36)21-35(27)45-31;/h11,20-22,25,29H,1,12-19H2,2-10H3,(H5,43,44,45,46,47,48,51,52,53,54);/q;+2/p-2. The number of aromatic nitrogens is 2. The third-order valence-corrected chi connectivity index (χ3v) is 15.4. The van der Waals surface area contributed by atoms with E-state index in [4.69, 9.17) is 9.98 Å². The van der Waals surface area contributed by atoms with Crippen LogP contribution in [-0.2, 0) is 9.59 Å². The van der Waals surface area contributed by atoms with Crippen LogP contribution in [0.2, 0.25) is 0 Å². The van der Waals surface area contributed by atoms with E-state index in [2.05, 4.69) is 68.1 Å². The summed E-state index contributed by atoms with van der Waals surface area (Å²) in [6, 6.07) is 0. The van der Waals surface area contributed by atoms with Crippen molar-refractivity contribution in [3.05, 3.63) is 73.5 Å². The normalized spacial score (nSPS) is 18.5. The van der Waals surface area contributed by atoms with E-state index in [1.54, 1.807) is 0 Å². The van der Waals surface area contributed by atoms with E-state index in [1.807, 2.05) is 51.0 Å². The Morgan fingerprint density at radius 1 is 0.927 bits per heavy atom. The minimum atomic E-state index is -1.96. The molecular formula is C42H54N8O4Po. The third-order valence-electron chi connectivity index (χ3n) is 11.1. The van der Waals surface area contributed by atoms with Crippen molar-refractivity contribution in [1.29, 1.82) is 0 Å². The number of rotatable bonds is 14. The van der Waals surface area contributed by atoms with Crippen LogP contribution in [0, 0.1) is 25.7 Å². The van der Waals surface area contributed by atoms with Gasteiger partial charge in [-0.05, 0) is 14.1 Å². The number of likely N-dealkylation sites (N-methyl/N-ethyl adjacent to an activating group) is 2. The van der Waals surface area contributed by atoms with Gasteiger partial charge in [-0.15, -0.1) is 0 Å². The second kappa shape index (κ2) is 16.5. The number of hydrogen-bond donors (Lipinski definition) is 3. The molecule has 3 N–H and O–H groups in total. The fourth-order valence-electron chi connectivity index (χ4n) is 7.99. The molecule has 0 saturated heterocycles. The second-order valence-corrected chi connectivity index (χ2v) is 18.8. The number of carbonyl (C=O) groups is 3. The Bertz CT molecular complexity index is 2260. The van der Waals surface area contributed by atoms with Gasteiger partial charge in [0.05, 0.1) is 0 Å². The summed E-state index contributed by atoms with van der Waals surface area (Å²) in [7, 11) is 7.85. The number of nitrogens with one attached hydrogen (secondary N) is 2. The molecule has 2 unspecified atom stereocenters. The molecule has 6 rings (SSSR count). The van der Waals surface area contributed by atoms with Crippen molar-refractivity contribution in [1.82, 2.24) is 25.4 Å². The zero-order valence-electron chi connectivity index (χ0n) is 33.6. The molecule has 0 fully saturated rings. The maximum absolute atomic E-state index is 14.0. The number of carboxylic acids is 1. The van der Waals surface area contributed by atoms with Crippen LogP contribution in [0.25, 0.3) is 29.9 Å². The van der Waals surface area contributed by atoms with Gasteiger partial charge in [0.15, 0.2) is 0 Å². The first-order chi connectivity index (χ1) is 26.2. The molecule has 13 heteroatoms. The summed E-state index contributed by atoms with van der Waals surface area (Å²) in [6.45, 7) is 17.0. The molecule has 2 aromatic rings. The Hall–Kier alpha value is -4.17. The van der Waals surface area contributed by atoms with Crippen molar-refractivity contribution in [3.63, 3.8) is 0 Å². The number of fused-ring (bicyclic) bond motifs is 2. The predicted molar refractivity (Wildman–Crippen MR) is 223 cm³/mol. The summed E-state index contributed by atoms with van der Waals surface area (Å²) >= 11 is -1.96. The van der Waals surface area contributed by atoms with Gasteiger partial charge < -0.3 is 0 Å². The van der Waals surface area contributed by atoms with Crippen molar-refractivity contribution in [3.8, 4) is 0 Å². The Labute approximate surface area is 336 Å². The second-order valence-electron chi connectivity index (χ2n) is 15.3. The van der Waals surface area contributed by atoms with E-state index >= 15 is 0 Å². The summed E-state index contributed by atoms with van der Waals surface area (Å²) in [4.78, 5) is 55.3. The number of nitrogens with zero attached hydrogens (tertiary/aromatic N) is 6. The Balaban J connectivity index is 1.67. The van der Waals surface area contributed by atoms with E-state index in [9.17, 15) is 19.5 Å². The number of aliphatic imine (C=N–C) groups is 2. The van der Waals surface area contributed by atoms with Gasteiger partial charge in [-0.2, -0.15) is 0 Å². The number of amides is 2. The van der Waals surface area contributed by atoms with Gasteiger partial charge in [-0.3, -0.25) is 0 Å². The monoisotopic (exact) mass is 943 g/mol.